The predicted octanol–water partition coefficient (Wildman–Crippen LogP) is 6.40. The highest BCUT2D eigenvalue weighted by Gasteiger charge is 2.32. The second-order valence-corrected chi connectivity index (χ2v) is 9.77. The summed E-state index contributed by atoms with van der Waals surface area (Å²) >= 11 is 6.16. The first-order valence-electron chi connectivity index (χ1n) is 11.8. The van der Waals surface area contributed by atoms with Gasteiger partial charge in [0.15, 0.2) is 0 Å². The molecule has 0 heterocycles. The Bertz CT molecular complexity index is 1220. The van der Waals surface area contributed by atoms with Gasteiger partial charge in [0.25, 0.3) is 0 Å². The first-order chi connectivity index (χ1) is 17.1. The largest absolute Gasteiger partial charge is 0.466 e. The number of carbonyl (C=O) groups is 2. The minimum Gasteiger partial charge on any atom is -0.466 e. The molecule has 1 amide bonds. The van der Waals surface area contributed by atoms with E-state index >= 15 is 0 Å². The van der Waals surface area contributed by atoms with Gasteiger partial charge in [-0.3, -0.25) is 4.79 Å². The zero-order valence-electron chi connectivity index (χ0n) is 21.5. The van der Waals surface area contributed by atoms with Crippen LogP contribution in [0.4, 0.5) is 11.4 Å². The van der Waals surface area contributed by atoms with Crippen molar-refractivity contribution in [2.75, 3.05) is 36.9 Å². The van der Waals surface area contributed by atoms with Gasteiger partial charge in [0.1, 0.15) is 0 Å². The van der Waals surface area contributed by atoms with Gasteiger partial charge < -0.3 is 14.5 Å². The van der Waals surface area contributed by atoms with Crippen LogP contribution in [0.25, 0.3) is 17.2 Å². The molecule has 0 N–H and O–H groups in total. The lowest BCUT2D eigenvalue weighted by Gasteiger charge is -2.31. The maximum Gasteiger partial charge on any atom is 0.330 e. The molecule has 188 valence electrons. The number of carbonyl (C=O) groups excluding carboxylic acids is 2. The number of nitrogens with zero attached hydrogens (tertiary/aromatic N) is 2. The Morgan fingerprint density at radius 3 is 2.08 bits per heavy atom. The average molecular weight is 505 g/mol. The van der Waals surface area contributed by atoms with Crippen LogP contribution in [0.2, 0.25) is 0 Å². The number of hydrogen-bond acceptors (Lipinski definition) is 4. The molecular formula is C30H33ClN2O3. The molecule has 0 saturated heterocycles. The summed E-state index contributed by atoms with van der Waals surface area (Å²) in [5, 5.41) is 0. The molecule has 0 aliphatic carbocycles. The number of esters is 1. The van der Waals surface area contributed by atoms with Crippen molar-refractivity contribution in [1.29, 1.82) is 0 Å². The van der Waals surface area contributed by atoms with Gasteiger partial charge in [-0.1, -0.05) is 48.5 Å². The average Bonchev–Trinajstić information content (AvgIpc) is 2.90. The lowest BCUT2D eigenvalue weighted by Crippen LogP contribution is -2.41. The molecule has 6 heteroatoms. The molecule has 5 nitrogen and oxygen atoms in total. The molecule has 36 heavy (non-hydrogen) atoms. The molecule has 0 aliphatic rings. The number of rotatable bonds is 9. The zero-order chi connectivity index (χ0) is 26.3. The minimum absolute atomic E-state index is 0.0741. The fourth-order valence-corrected chi connectivity index (χ4v) is 3.78. The van der Waals surface area contributed by atoms with Crippen LogP contribution in [0.15, 0.2) is 78.9 Å². The Morgan fingerprint density at radius 1 is 0.917 bits per heavy atom. The normalized spacial score (nSPS) is 11.4. The topological polar surface area (TPSA) is 49.9 Å². The number of anilines is 2. The van der Waals surface area contributed by atoms with Crippen molar-refractivity contribution in [2.45, 2.75) is 20.4 Å². The predicted molar refractivity (Wildman–Crippen MR) is 149 cm³/mol. The van der Waals surface area contributed by atoms with Gasteiger partial charge in [-0.2, -0.15) is 0 Å². The highest BCUT2D eigenvalue weighted by molar-refractivity contribution is 6.20. The third-order valence-corrected chi connectivity index (χ3v) is 6.63. The molecule has 0 saturated carbocycles. The summed E-state index contributed by atoms with van der Waals surface area (Å²) in [6.07, 6.45) is 3.03. The van der Waals surface area contributed by atoms with Crippen molar-refractivity contribution in [3.63, 3.8) is 0 Å². The highest BCUT2D eigenvalue weighted by atomic mass is 35.5. The van der Waals surface area contributed by atoms with E-state index in [1.807, 2.05) is 64.3 Å². The number of halogens is 1. The quantitative estimate of drug-likeness (QED) is 0.192. The van der Waals surface area contributed by atoms with Crippen LogP contribution in [-0.2, 0) is 20.9 Å². The Labute approximate surface area is 218 Å². The van der Waals surface area contributed by atoms with Crippen LogP contribution in [0, 0.1) is 5.41 Å². The van der Waals surface area contributed by atoms with Gasteiger partial charge in [-0.05, 0) is 66.4 Å². The first kappa shape index (κ1) is 27.0. The Hall–Kier alpha value is -3.57. The molecule has 0 atom stereocenters. The third kappa shape index (κ3) is 6.76. The lowest BCUT2D eigenvalue weighted by atomic mass is 9.93. The van der Waals surface area contributed by atoms with Gasteiger partial charge in [0.2, 0.25) is 5.91 Å². The summed E-state index contributed by atoms with van der Waals surface area (Å²) in [7, 11) is 5.38. The number of hydrogen-bond donors (Lipinski definition) is 0. The minimum atomic E-state index is -0.743. The molecule has 3 rings (SSSR count). The first-order valence-corrected chi connectivity index (χ1v) is 12.3. The van der Waals surface area contributed by atoms with Crippen molar-refractivity contribution >= 4 is 40.9 Å². The SMILES string of the molecule is COC(=O)/C=C/c1cccc(N(Cc2ccc(-c3ccc(N(C)C)cc3)cc2)C(=O)C(C)(C)CCl)c1. The molecule has 3 aromatic rings. The van der Waals surface area contributed by atoms with Crippen molar-refractivity contribution in [2.24, 2.45) is 5.41 Å². The fraction of sp³-hybridized carbons (Fsp3) is 0.267. The number of methoxy groups -OCH3 is 1. The van der Waals surface area contributed by atoms with E-state index in [4.69, 9.17) is 11.6 Å². The number of ether oxygens (including phenoxy) is 1. The zero-order valence-corrected chi connectivity index (χ0v) is 22.3. The maximum atomic E-state index is 13.5. The van der Waals surface area contributed by atoms with Crippen molar-refractivity contribution in [3.05, 3.63) is 90.0 Å². The maximum absolute atomic E-state index is 13.5. The number of alkyl halides is 1. The van der Waals surface area contributed by atoms with Crippen LogP contribution < -0.4 is 9.80 Å². The summed E-state index contributed by atoms with van der Waals surface area (Å²) in [5.74, 6) is -0.311. The summed E-state index contributed by atoms with van der Waals surface area (Å²) in [6, 6.07) is 24.1. The van der Waals surface area contributed by atoms with E-state index in [0.717, 1.165) is 33.6 Å². The summed E-state index contributed by atoms with van der Waals surface area (Å²) in [5.41, 5.74) is 5.16. The smallest absolute Gasteiger partial charge is 0.330 e. The number of amides is 1. The van der Waals surface area contributed by atoms with Crippen LogP contribution in [0.5, 0.6) is 0 Å². The van der Waals surface area contributed by atoms with Crippen LogP contribution in [0.3, 0.4) is 0 Å². The molecule has 0 spiro atoms. The summed E-state index contributed by atoms with van der Waals surface area (Å²) < 4.78 is 4.68. The Kier molecular flexibility index (Phi) is 8.94. The Balaban J connectivity index is 1.89. The third-order valence-electron chi connectivity index (χ3n) is 5.96. The molecule has 0 radical (unpaired) electrons. The Morgan fingerprint density at radius 2 is 1.53 bits per heavy atom. The van der Waals surface area contributed by atoms with Crippen LogP contribution >= 0.6 is 11.6 Å². The second-order valence-electron chi connectivity index (χ2n) is 9.50. The van der Waals surface area contributed by atoms with Crippen LogP contribution in [0.1, 0.15) is 25.0 Å². The van der Waals surface area contributed by atoms with Gasteiger partial charge in [-0.25, -0.2) is 4.79 Å². The van der Waals surface area contributed by atoms with E-state index < -0.39 is 11.4 Å². The summed E-state index contributed by atoms with van der Waals surface area (Å²) in [4.78, 5) is 28.9. The van der Waals surface area contributed by atoms with E-state index in [1.165, 1.54) is 13.2 Å². The molecular weight excluding hydrogens is 472 g/mol. The lowest BCUT2D eigenvalue weighted by molar-refractivity contribution is -0.134. The monoisotopic (exact) mass is 504 g/mol. The van der Waals surface area contributed by atoms with E-state index in [2.05, 4.69) is 46.0 Å². The molecule has 0 aromatic heterocycles. The van der Waals surface area contributed by atoms with E-state index in [1.54, 1.807) is 11.0 Å². The van der Waals surface area contributed by atoms with E-state index in [0.29, 0.717) is 6.54 Å². The fourth-order valence-electron chi connectivity index (χ4n) is 3.67. The molecule has 3 aromatic carbocycles. The van der Waals surface area contributed by atoms with Crippen LogP contribution in [-0.4, -0.2) is 39.0 Å². The van der Waals surface area contributed by atoms with Crippen molar-refractivity contribution in [3.8, 4) is 11.1 Å². The molecule has 0 bridgehead atoms. The van der Waals surface area contributed by atoms with E-state index in [-0.39, 0.29) is 11.8 Å². The second kappa shape index (κ2) is 11.9. The summed E-state index contributed by atoms with van der Waals surface area (Å²) in [6.45, 7) is 4.08. The highest BCUT2D eigenvalue weighted by Crippen LogP contribution is 2.29. The standard InChI is InChI=1S/C30H33ClN2O3/c1-30(2,21-31)29(35)33(27-8-6-7-22(19-27)11-18-28(34)36-5)20-23-9-12-24(13-10-23)25-14-16-26(17-15-25)32(3)4/h6-19H,20-21H2,1-5H3/b18-11+. The van der Waals surface area contributed by atoms with Crippen molar-refractivity contribution < 1.29 is 14.3 Å². The van der Waals surface area contributed by atoms with Gasteiger partial charge in [-0.15, -0.1) is 11.6 Å². The molecule has 0 fully saturated rings. The van der Waals surface area contributed by atoms with Gasteiger partial charge in [0, 0.05) is 37.4 Å². The molecule has 0 aliphatic heterocycles. The van der Waals surface area contributed by atoms with Crippen molar-refractivity contribution in [1.82, 2.24) is 0 Å². The molecule has 0 unspecified atom stereocenters. The van der Waals surface area contributed by atoms with E-state index in [9.17, 15) is 9.59 Å². The van der Waals surface area contributed by atoms with Gasteiger partial charge in [0.05, 0.1) is 19.1 Å². The van der Waals surface area contributed by atoms with Gasteiger partial charge >= 0.3 is 5.97 Å². The number of benzene rings is 3.